The van der Waals surface area contributed by atoms with Gasteiger partial charge >= 0.3 is 0 Å². The molecule has 34 heavy (non-hydrogen) atoms. The lowest BCUT2D eigenvalue weighted by atomic mass is 10.1. The normalized spacial score (nSPS) is 15.4. The van der Waals surface area contributed by atoms with Crippen LogP contribution in [-0.4, -0.2) is 51.9 Å². The molecule has 1 unspecified atom stereocenters. The number of amides is 1. The van der Waals surface area contributed by atoms with E-state index in [4.69, 9.17) is 14.4 Å². The van der Waals surface area contributed by atoms with Crippen molar-refractivity contribution in [2.24, 2.45) is 0 Å². The third-order valence-corrected chi connectivity index (χ3v) is 6.13. The zero-order valence-corrected chi connectivity index (χ0v) is 18.9. The summed E-state index contributed by atoms with van der Waals surface area (Å²) in [4.78, 5) is 26.2. The van der Waals surface area contributed by atoms with Crippen molar-refractivity contribution in [2.45, 2.75) is 19.5 Å². The number of piperazine rings is 1. The van der Waals surface area contributed by atoms with Gasteiger partial charge in [0.25, 0.3) is 5.91 Å². The summed E-state index contributed by atoms with van der Waals surface area (Å²) in [7, 11) is 0. The van der Waals surface area contributed by atoms with Gasteiger partial charge in [0.1, 0.15) is 17.5 Å². The highest BCUT2D eigenvalue weighted by molar-refractivity contribution is 5.91. The Morgan fingerprint density at radius 3 is 2.53 bits per heavy atom. The van der Waals surface area contributed by atoms with Crippen LogP contribution in [-0.2, 0) is 6.54 Å². The van der Waals surface area contributed by atoms with Crippen LogP contribution in [0.25, 0.3) is 10.9 Å². The fourth-order valence-corrected chi connectivity index (χ4v) is 4.21. The number of nitrogens with zero attached hydrogens (tertiary/aromatic N) is 4. The summed E-state index contributed by atoms with van der Waals surface area (Å²) in [6, 6.07) is 17.8. The molecule has 1 amide bonds. The van der Waals surface area contributed by atoms with Gasteiger partial charge in [-0.25, -0.2) is 14.4 Å². The average molecular weight is 460 g/mol. The van der Waals surface area contributed by atoms with Crippen molar-refractivity contribution < 1.29 is 13.6 Å². The summed E-state index contributed by atoms with van der Waals surface area (Å²) in [5.41, 5.74) is 1.84. The van der Waals surface area contributed by atoms with E-state index in [0.29, 0.717) is 25.4 Å². The summed E-state index contributed by atoms with van der Waals surface area (Å²) in [6.45, 7) is 5.33. The maximum atomic E-state index is 13.3. The van der Waals surface area contributed by atoms with E-state index < -0.39 is 0 Å². The van der Waals surface area contributed by atoms with Crippen LogP contribution in [0.3, 0.4) is 0 Å². The van der Waals surface area contributed by atoms with Gasteiger partial charge in [-0.15, -0.1) is 0 Å². The number of benzene rings is 2. The molecule has 0 spiro atoms. The van der Waals surface area contributed by atoms with Crippen LogP contribution >= 0.6 is 0 Å². The second-order valence-corrected chi connectivity index (χ2v) is 8.47. The van der Waals surface area contributed by atoms with Crippen molar-refractivity contribution in [1.29, 1.82) is 0 Å². The Kier molecular flexibility index (Phi) is 6.22. The predicted octanol–water partition coefficient (Wildman–Crippen LogP) is 4.49. The maximum absolute atomic E-state index is 13.3. The number of furan rings is 1. The van der Waals surface area contributed by atoms with Gasteiger partial charge in [0, 0.05) is 37.6 Å². The lowest BCUT2D eigenvalue weighted by Gasteiger charge is -2.34. The van der Waals surface area contributed by atoms with Crippen LogP contribution in [0, 0.1) is 5.82 Å². The van der Waals surface area contributed by atoms with Crippen molar-refractivity contribution in [3.63, 3.8) is 0 Å². The molecular weight excluding hydrogens is 433 g/mol. The lowest BCUT2D eigenvalue weighted by molar-refractivity contribution is 0.0595. The molecule has 5 rings (SSSR count). The Hall–Kier alpha value is -3.78. The van der Waals surface area contributed by atoms with E-state index in [-0.39, 0.29) is 17.8 Å². The monoisotopic (exact) mass is 459 g/mol. The van der Waals surface area contributed by atoms with Gasteiger partial charge in [0.15, 0.2) is 5.76 Å². The molecular formula is C26H26FN5O2. The number of carbonyl (C=O) groups excluding carboxylic acids is 1. The number of halogens is 1. The van der Waals surface area contributed by atoms with Crippen LogP contribution in [0.4, 0.5) is 10.2 Å². The molecule has 4 aromatic rings. The molecule has 1 fully saturated rings. The largest absolute Gasteiger partial charge is 0.459 e. The zero-order chi connectivity index (χ0) is 23.5. The van der Waals surface area contributed by atoms with Crippen LogP contribution < -0.4 is 5.32 Å². The number of nitrogens with one attached hydrogen (secondary N) is 1. The van der Waals surface area contributed by atoms with E-state index in [1.54, 1.807) is 24.3 Å². The lowest BCUT2D eigenvalue weighted by Crippen LogP contribution is -2.48. The molecule has 1 saturated heterocycles. The Morgan fingerprint density at radius 1 is 1.03 bits per heavy atom. The van der Waals surface area contributed by atoms with E-state index in [1.807, 2.05) is 36.1 Å². The minimum Gasteiger partial charge on any atom is -0.459 e. The quantitative estimate of drug-likeness (QED) is 0.458. The number of hydrogen-bond acceptors (Lipinski definition) is 6. The van der Waals surface area contributed by atoms with Crippen molar-refractivity contribution in [3.8, 4) is 0 Å². The minimum atomic E-state index is -0.253. The van der Waals surface area contributed by atoms with Crippen molar-refractivity contribution in [3.05, 3.63) is 89.9 Å². The van der Waals surface area contributed by atoms with E-state index in [2.05, 4.69) is 10.2 Å². The molecule has 0 bridgehead atoms. The maximum Gasteiger partial charge on any atom is 0.289 e. The highest BCUT2D eigenvalue weighted by Gasteiger charge is 2.24. The molecule has 2 aromatic heterocycles. The van der Waals surface area contributed by atoms with Crippen LogP contribution in [0.15, 0.2) is 71.3 Å². The van der Waals surface area contributed by atoms with Gasteiger partial charge in [-0.3, -0.25) is 9.69 Å². The molecule has 0 radical (unpaired) electrons. The van der Waals surface area contributed by atoms with Crippen LogP contribution in [0.5, 0.6) is 0 Å². The first kappa shape index (κ1) is 22.0. The highest BCUT2D eigenvalue weighted by atomic mass is 19.1. The third-order valence-electron chi connectivity index (χ3n) is 6.13. The van der Waals surface area contributed by atoms with Crippen molar-refractivity contribution in [2.75, 3.05) is 31.5 Å². The second kappa shape index (κ2) is 9.61. The fraction of sp³-hybridized carbons (Fsp3) is 0.269. The molecule has 1 atom stereocenters. The first-order valence-electron chi connectivity index (χ1n) is 11.4. The van der Waals surface area contributed by atoms with E-state index in [1.165, 1.54) is 18.4 Å². The van der Waals surface area contributed by atoms with E-state index in [9.17, 15) is 9.18 Å². The molecule has 1 aliphatic rings. The van der Waals surface area contributed by atoms with Crippen molar-refractivity contribution >= 4 is 22.6 Å². The standard InChI is InChI=1S/C26H26FN5O2/c1-18(19-8-10-20(27)11-9-19)28-25-21-5-2-3-6-22(21)29-24(30-25)17-31-12-14-32(15-13-31)26(33)23-7-4-16-34-23/h2-11,16,18H,12-15,17H2,1H3,(H,28,29,30). The molecule has 0 aliphatic carbocycles. The van der Waals surface area contributed by atoms with Gasteiger partial charge in [-0.05, 0) is 48.9 Å². The summed E-state index contributed by atoms with van der Waals surface area (Å²) in [5.74, 6) is 1.52. The average Bonchev–Trinajstić information content (AvgIpc) is 3.40. The Balaban J connectivity index is 1.30. The van der Waals surface area contributed by atoms with Gasteiger partial charge in [-0.2, -0.15) is 0 Å². The Labute approximate surface area is 197 Å². The smallest absolute Gasteiger partial charge is 0.289 e. The number of rotatable bonds is 6. The first-order chi connectivity index (χ1) is 16.6. The summed E-state index contributed by atoms with van der Waals surface area (Å²) in [6.07, 6.45) is 1.52. The Morgan fingerprint density at radius 2 is 1.79 bits per heavy atom. The molecule has 7 nitrogen and oxygen atoms in total. The fourth-order valence-electron chi connectivity index (χ4n) is 4.21. The topological polar surface area (TPSA) is 74.5 Å². The van der Waals surface area contributed by atoms with Crippen molar-refractivity contribution in [1.82, 2.24) is 19.8 Å². The van der Waals surface area contributed by atoms with Crippen LogP contribution in [0.2, 0.25) is 0 Å². The zero-order valence-electron chi connectivity index (χ0n) is 18.9. The number of hydrogen-bond donors (Lipinski definition) is 1. The van der Waals surface area contributed by atoms with E-state index >= 15 is 0 Å². The second-order valence-electron chi connectivity index (χ2n) is 8.47. The SMILES string of the molecule is CC(Nc1nc(CN2CCN(C(=O)c3ccco3)CC2)nc2ccccc12)c1ccc(F)cc1. The summed E-state index contributed by atoms with van der Waals surface area (Å²) < 4.78 is 18.6. The van der Waals surface area contributed by atoms with Gasteiger partial charge in [0.2, 0.25) is 0 Å². The first-order valence-corrected chi connectivity index (χ1v) is 11.4. The van der Waals surface area contributed by atoms with Gasteiger partial charge in [-0.1, -0.05) is 24.3 Å². The molecule has 174 valence electrons. The molecule has 0 saturated carbocycles. The minimum absolute atomic E-state index is 0.0529. The molecule has 1 aliphatic heterocycles. The Bertz CT molecular complexity index is 1270. The third kappa shape index (κ3) is 4.77. The number of fused-ring (bicyclic) bond motifs is 1. The van der Waals surface area contributed by atoms with E-state index in [0.717, 1.165) is 41.2 Å². The highest BCUT2D eigenvalue weighted by Crippen LogP contribution is 2.25. The summed E-state index contributed by atoms with van der Waals surface area (Å²) in [5, 5.41) is 4.42. The number of carbonyl (C=O) groups is 1. The summed E-state index contributed by atoms with van der Waals surface area (Å²) >= 11 is 0. The van der Waals surface area contributed by atoms with Gasteiger partial charge < -0.3 is 14.6 Å². The molecule has 3 heterocycles. The predicted molar refractivity (Wildman–Crippen MR) is 128 cm³/mol. The number of aromatic nitrogens is 2. The molecule has 2 aromatic carbocycles. The molecule has 8 heteroatoms. The van der Waals surface area contributed by atoms with Crippen LogP contribution in [0.1, 0.15) is 34.9 Å². The number of anilines is 1. The van der Waals surface area contributed by atoms with Gasteiger partial charge in [0.05, 0.1) is 18.3 Å². The molecule has 1 N–H and O–H groups in total. The number of para-hydroxylation sites is 1.